The molecular weight excluding hydrogens is 376 g/mol. The Kier molecular flexibility index (Phi) is 5.59. The molecule has 0 N–H and O–H groups in total. The number of ether oxygens (including phenoxy) is 2. The minimum absolute atomic E-state index is 0.0964. The second-order valence-corrected chi connectivity index (χ2v) is 7.70. The van der Waals surface area contributed by atoms with Crippen molar-refractivity contribution < 1.29 is 13.9 Å². The Morgan fingerprint density at radius 3 is 2.86 bits per heavy atom. The SMILES string of the molecule is COc1cccc(CN2CCCCC2c2nnc(-c3scnc3C)o2)c1OC. The molecule has 0 radical (unpaired) electrons. The van der Waals surface area contributed by atoms with Crippen molar-refractivity contribution in [1.29, 1.82) is 0 Å². The third-order valence-corrected chi connectivity index (χ3v) is 6.05. The summed E-state index contributed by atoms with van der Waals surface area (Å²) in [6.07, 6.45) is 3.29. The number of para-hydroxylation sites is 1. The van der Waals surface area contributed by atoms with Gasteiger partial charge in [-0.25, -0.2) is 4.98 Å². The third-order valence-electron chi connectivity index (χ3n) is 5.14. The average molecular weight is 401 g/mol. The van der Waals surface area contributed by atoms with Crippen LogP contribution in [0.25, 0.3) is 10.8 Å². The normalized spacial score (nSPS) is 17.6. The molecule has 1 atom stereocenters. The molecule has 3 heterocycles. The lowest BCUT2D eigenvalue weighted by atomic mass is 10.0. The Morgan fingerprint density at radius 2 is 2.11 bits per heavy atom. The molecule has 1 saturated heterocycles. The van der Waals surface area contributed by atoms with Crippen molar-refractivity contribution in [3.63, 3.8) is 0 Å². The molecule has 8 heteroatoms. The summed E-state index contributed by atoms with van der Waals surface area (Å²) in [6.45, 7) is 3.67. The first-order chi connectivity index (χ1) is 13.7. The minimum atomic E-state index is 0.0964. The zero-order valence-corrected chi connectivity index (χ0v) is 17.2. The van der Waals surface area contributed by atoms with Crippen LogP contribution in [0.15, 0.2) is 28.1 Å². The van der Waals surface area contributed by atoms with Crippen LogP contribution in [0.4, 0.5) is 0 Å². The molecule has 2 aromatic heterocycles. The van der Waals surface area contributed by atoms with Gasteiger partial charge in [-0.15, -0.1) is 21.5 Å². The van der Waals surface area contributed by atoms with Crippen LogP contribution < -0.4 is 9.47 Å². The minimum Gasteiger partial charge on any atom is -0.493 e. The smallest absolute Gasteiger partial charge is 0.259 e. The van der Waals surface area contributed by atoms with Crippen LogP contribution in [0, 0.1) is 6.92 Å². The van der Waals surface area contributed by atoms with E-state index in [1.54, 1.807) is 19.7 Å². The van der Waals surface area contributed by atoms with E-state index in [1.165, 1.54) is 11.3 Å². The number of hydrogen-bond donors (Lipinski definition) is 0. The van der Waals surface area contributed by atoms with Crippen LogP contribution in [-0.2, 0) is 6.54 Å². The number of hydrogen-bond acceptors (Lipinski definition) is 8. The van der Waals surface area contributed by atoms with Gasteiger partial charge in [0.1, 0.15) is 4.88 Å². The van der Waals surface area contributed by atoms with Crippen molar-refractivity contribution in [3.05, 3.63) is 40.9 Å². The van der Waals surface area contributed by atoms with Gasteiger partial charge in [-0.1, -0.05) is 18.6 Å². The van der Waals surface area contributed by atoms with Crippen molar-refractivity contribution in [3.8, 4) is 22.3 Å². The topological polar surface area (TPSA) is 73.5 Å². The maximum absolute atomic E-state index is 6.07. The molecule has 0 amide bonds. The van der Waals surface area contributed by atoms with Gasteiger partial charge in [0.05, 0.1) is 31.5 Å². The van der Waals surface area contributed by atoms with E-state index >= 15 is 0 Å². The number of thiazole rings is 1. The van der Waals surface area contributed by atoms with Gasteiger partial charge in [0, 0.05) is 12.1 Å². The van der Waals surface area contributed by atoms with Crippen molar-refractivity contribution in [1.82, 2.24) is 20.1 Å². The number of piperidine rings is 1. The van der Waals surface area contributed by atoms with Gasteiger partial charge >= 0.3 is 0 Å². The Bertz CT molecular complexity index is 939. The molecular formula is C20H24N4O3S. The molecule has 1 unspecified atom stereocenters. The molecule has 28 heavy (non-hydrogen) atoms. The van der Waals surface area contributed by atoms with Crippen LogP contribution >= 0.6 is 11.3 Å². The fourth-order valence-electron chi connectivity index (χ4n) is 3.73. The molecule has 0 spiro atoms. The molecule has 0 saturated carbocycles. The molecule has 0 aliphatic carbocycles. The highest BCUT2D eigenvalue weighted by atomic mass is 32.1. The highest BCUT2D eigenvalue weighted by molar-refractivity contribution is 7.13. The van der Waals surface area contributed by atoms with Crippen molar-refractivity contribution >= 4 is 11.3 Å². The number of benzene rings is 1. The summed E-state index contributed by atoms with van der Waals surface area (Å²) in [5.41, 5.74) is 3.81. The number of methoxy groups -OCH3 is 2. The Labute approximate surface area is 168 Å². The molecule has 1 aromatic carbocycles. The largest absolute Gasteiger partial charge is 0.493 e. The summed E-state index contributed by atoms with van der Waals surface area (Å²) in [5, 5.41) is 8.65. The summed E-state index contributed by atoms with van der Waals surface area (Å²) < 4.78 is 17.1. The Balaban J connectivity index is 1.60. The number of likely N-dealkylation sites (tertiary alicyclic amines) is 1. The number of nitrogens with zero attached hydrogens (tertiary/aromatic N) is 4. The number of aromatic nitrogens is 3. The van der Waals surface area contributed by atoms with Gasteiger partial charge in [0.25, 0.3) is 5.89 Å². The molecule has 1 aliphatic heterocycles. The molecule has 3 aromatic rings. The first kappa shape index (κ1) is 18.9. The maximum Gasteiger partial charge on any atom is 0.259 e. The van der Waals surface area contributed by atoms with E-state index in [0.717, 1.165) is 60.0 Å². The second-order valence-electron chi connectivity index (χ2n) is 6.85. The lowest BCUT2D eigenvalue weighted by molar-refractivity contribution is 0.117. The summed E-state index contributed by atoms with van der Waals surface area (Å²) >= 11 is 1.52. The molecule has 0 bridgehead atoms. The monoisotopic (exact) mass is 400 g/mol. The summed E-state index contributed by atoms with van der Waals surface area (Å²) in [7, 11) is 3.34. The van der Waals surface area contributed by atoms with Gasteiger partial charge in [-0.05, 0) is 32.4 Å². The first-order valence-corrected chi connectivity index (χ1v) is 10.3. The lowest BCUT2D eigenvalue weighted by Gasteiger charge is -2.33. The molecule has 1 fully saturated rings. The van der Waals surface area contributed by atoms with Crippen LogP contribution in [0.1, 0.15) is 42.5 Å². The van der Waals surface area contributed by atoms with Gasteiger partial charge in [0.15, 0.2) is 11.5 Å². The second kappa shape index (κ2) is 8.28. The van der Waals surface area contributed by atoms with E-state index in [0.29, 0.717) is 11.8 Å². The molecule has 4 rings (SSSR count). The lowest BCUT2D eigenvalue weighted by Crippen LogP contribution is -2.33. The quantitative estimate of drug-likeness (QED) is 0.612. The molecule has 7 nitrogen and oxygen atoms in total. The van der Waals surface area contributed by atoms with Gasteiger partial charge in [0.2, 0.25) is 5.89 Å². The van der Waals surface area contributed by atoms with E-state index in [1.807, 2.05) is 19.1 Å². The fraction of sp³-hybridized carbons (Fsp3) is 0.450. The summed E-state index contributed by atoms with van der Waals surface area (Å²) in [5.74, 6) is 2.75. The summed E-state index contributed by atoms with van der Waals surface area (Å²) in [6, 6.07) is 6.08. The van der Waals surface area contributed by atoms with Crippen LogP contribution in [0.2, 0.25) is 0 Å². The highest BCUT2D eigenvalue weighted by Crippen LogP contribution is 2.37. The zero-order valence-electron chi connectivity index (χ0n) is 16.3. The summed E-state index contributed by atoms with van der Waals surface area (Å²) in [4.78, 5) is 7.60. The van der Waals surface area contributed by atoms with E-state index in [2.05, 4.69) is 26.1 Å². The van der Waals surface area contributed by atoms with Gasteiger partial charge in [-0.2, -0.15) is 0 Å². The Hall–Kier alpha value is -2.45. The van der Waals surface area contributed by atoms with E-state index in [-0.39, 0.29) is 6.04 Å². The predicted molar refractivity (Wildman–Crippen MR) is 107 cm³/mol. The van der Waals surface area contributed by atoms with Crippen molar-refractivity contribution in [2.24, 2.45) is 0 Å². The molecule has 1 aliphatic rings. The predicted octanol–water partition coefficient (Wildman–Crippen LogP) is 4.25. The van der Waals surface area contributed by atoms with Crippen molar-refractivity contribution in [2.75, 3.05) is 20.8 Å². The molecule has 148 valence electrons. The van der Waals surface area contributed by atoms with Gasteiger partial charge in [-0.3, -0.25) is 4.90 Å². The number of aryl methyl sites for hydroxylation is 1. The van der Waals surface area contributed by atoms with Crippen LogP contribution in [0.3, 0.4) is 0 Å². The average Bonchev–Trinajstić information content (AvgIpc) is 3.37. The number of rotatable bonds is 6. The van der Waals surface area contributed by atoms with E-state index in [4.69, 9.17) is 13.9 Å². The maximum atomic E-state index is 6.07. The zero-order chi connectivity index (χ0) is 19.5. The first-order valence-electron chi connectivity index (χ1n) is 9.39. The van der Waals surface area contributed by atoms with E-state index in [9.17, 15) is 0 Å². The van der Waals surface area contributed by atoms with E-state index < -0.39 is 0 Å². The van der Waals surface area contributed by atoms with Crippen LogP contribution in [-0.4, -0.2) is 40.8 Å². The third kappa shape index (κ3) is 3.62. The van der Waals surface area contributed by atoms with Crippen LogP contribution in [0.5, 0.6) is 11.5 Å². The fourth-order valence-corrected chi connectivity index (χ4v) is 4.45. The highest BCUT2D eigenvalue weighted by Gasteiger charge is 2.30. The van der Waals surface area contributed by atoms with Crippen molar-refractivity contribution in [2.45, 2.75) is 38.8 Å². The Morgan fingerprint density at radius 1 is 1.21 bits per heavy atom. The van der Waals surface area contributed by atoms with Gasteiger partial charge < -0.3 is 13.9 Å². The standard InChI is InChI=1S/C20H24N4O3S/c1-13-18(28-12-21-13)20-23-22-19(27-20)15-8-4-5-10-24(15)11-14-7-6-9-16(25-2)17(14)26-3/h6-7,9,12,15H,4-5,8,10-11H2,1-3H3.